The fourth-order valence-electron chi connectivity index (χ4n) is 2.57. The predicted octanol–water partition coefficient (Wildman–Crippen LogP) is 4.54. The molecule has 0 aliphatic carbocycles. The van der Waals surface area contributed by atoms with Crippen molar-refractivity contribution in [3.05, 3.63) is 62.9 Å². The van der Waals surface area contributed by atoms with Gasteiger partial charge in [0.1, 0.15) is 0 Å². The van der Waals surface area contributed by atoms with E-state index in [4.69, 9.17) is 11.6 Å². The van der Waals surface area contributed by atoms with Gasteiger partial charge in [0, 0.05) is 24.0 Å². The zero-order valence-corrected chi connectivity index (χ0v) is 15.5. The molecule has 2 aromatic heterocycles. The molecule has 0 unspecified atom stereocenters. The largest absolute Gasteiger partial charge is 0.351 e. The molecule has 1 amide bonds. The second-order valence-electron chi connectivity index (χ2n) is 5.61. The quantitative estimate of drug-likeness (QED) is 0.666. The molecule has 0 saturated heterocycles. The zero-order chi connectivity index (χ0) is 18.7. The van der Waals surface area contributed by atoms with Crippen LogP contribution in [0.2, 0.25) is 5.02 Å². The molecular formula is C18H16ClF2N3OS. The predicted molar refractivity (Wildman–Crippen MR) is 98.6 cm³/mol. The van der Waals surface area contributed by atoms with Crippen molar-refractivity contribution in [1.82, 2.24) is 15.1 Å². The molecule has 136 valence electrons. The number of carbonyl (C=O) groups excluding carboxylic acids is 1. The number of carbonyl (C=O) groups is 1. The van der Waals surface area contributed by atoms with E-state index in [9.17, 15) is 13.6 Å². The van der Waals surface area contributed by atoms with E-state index >= 15 is 0 Å². The first-order valence-corrected chi connectivity index (χ1v) is 9.27. The standard InChI is InChI=1S/C18H16ClF2N3OS/c1-2-24-17(13(19)9-23-24)12-8-16(26-10-12)18(25)22-6-5-11-3-4-14(20)15(21)7-11/h3-4,7-10H,2,5-6H2,1H3,(H,22,25). The van der Waals surface area contributed by atoms with Crippen molar-refractivity contribution in [2.45, 2.75) is 19.9 Å². The maximum atomic E-state index is 13.2. The van der Waals surface area contributed by atoms with Crippen LogP contribution in [-0.4, -0.2) is 22.2 Å². The van der Waals surface area contributed by atoms with Crippen LogP contribution in [0.15, 0.2) is 35.8 Å². The first-order valence-electron chi connectivity index (χ1n) is 8.02. The molecule has 1 aromatic carbocycles. The molecule has 0 aliphatic rings. The maximum absolute atomic E-state index is 13.2. The summed E-state index contributed by atoms with van der Waals surface area (Å²) in [5, 5.41) is 9.37. The summed E-state index contributed by atoms with van der Waals surface area (Å²) in [6.45, 7) is 2.96. The molecule has 0 bridgehead atoms. The van der Waals surface area contributed by atoms with Crippen LogP contribution in [0.4, 0.5) is 8.78 Å². The second-order valence-corrected chi connectivity index (χ2v) is 6.93. The second kappa shape index (κ2) is 7.97. The lowest BCUT2D eigenvalue weighted by Gasteiger charge is -2.05. The molecule has 0 spiro atoms. The Bertz CT molecular complexity index is 938. The van der Waals surface area contributed by atoms with Crippen LogP contribution in [0.3, 0.4) is 0 Å². The number of rotatable bonds is 6. The first kappa shape index (κ1) is 18.5. The third-order valence-corrected chi connectivity index (χ3v) is 5.08. The lowest BCUT2D eigenvalue weighted by atomic mass is 10.1. The molecule has 1 N–H and O–H groups in total. The minimum atomic E-state index is -0.888. The molecule has 8 heteroatoms. The van der Waals surface area contributed by atoms with Gasteiger partial charge in [-0.2, -0.15) is 5.10 Å². The van der Waals surface area contributed by atoms with Gasteiger partial charge in [0.2, 0.25) is 0 Å². The highest BCUT2D eigenvalue weighted by Crippen LogP contribution is 2.31. The van der Waals surface area contributed by atoms with Crippen molar-refractivity contribution in [3.8, 4) is 11.3 Å². The average molecular weight is 396 g/mol. The molecular weight excluding hydrogens is 380 g/mol. The average Bonchev–Trinajstić information content (AvgIpc) is 3.24. The number of hydrogen-bond acceptors (Lipinski definition) is 3. The lowest BCUT2D eigenvalue weighted by Crippen LogP contribution is -2.24. The van der Waals surface area contributed by atoms with Crippen molar-refractivity contribution >= 4 is 28.8 Å². The van der Waals surface area contributed by atoms with Crippen molar-refractivity contribution in [1.29, 1.82) is 0 Å². The van der Waals surface area contributed by atoms with Gasteiger partial charge in [-0.05, 0) is 37.1 Å². The van der Waals surface area contributed by atoms with E-state index in [0.29, 0.717) is 35.0 Å². The Hall–Kier alpha value is -2.25. The Kier molecular flexibility index (Phi) is 5.68. The number of hydrogen-bond donors (Lipinski definition) is 1. The van der Waals surface area contributed by atoms with Crippen molar-refractivity contribution in [2.75, 3.05) is 6.54 Å². The Morgan fingerprint density at radius 1 is 1.31 bits per heavy atom. The topological polar surface area (TPSA) is 46.9 Å². The number of benzene rings is 1. The van der Waals surface area contributed by atoms with Gasteiger partial charge >= 0.3 is 0 Å². The normalized spacial score (nSPS) is 10.9. The number of nitrogens with one attached hydrogen (secondary N) is 1. The molecule has 0 radical (unpaired) electrons. The summed E-state index contributed by atoms with van der Waals surface area (Å²) in [6.07, 6.45) is 2.00. The summed E-state index contributed by atoms with van der Waals surface area (Å²) < 4.78 is 27.9. The van der Waals surface area contributed by atoms with Crippen LogP contribution >= 0.6 is 22.9 Å². The molecule has 26 heavy (non-hydrogen) atoms. The van der Waals surface area contributed by atoms with Gasteiger partial charge in [0.25, 0.3) is 5.91 Å². The summed E-state index contributed by atoms with van der Waals surface area (Å²) >= 11 is 7.50. The molecule has 0 saturated carbocycles. The number of nitrogens with zero attached hydrogens (tertiary/aromatic N) is 2. The highest BCUT2D eigenvalue weighted by molar-refractivity contribution is 7.12. The lowest BCUT2D eigenvalue weighted by molar-refractivity contribution is 0.0958. The summed E-state index contributed by atoms with van der Waals surface area (Å²) in [5.74, 6) is -1.99. The summed E-state index contributed by atoms with van der Waals surface area (Å²) in [7, 11) is 0. The monoisotopic (exact) mass is 395 g/mol. The first-order chi connectivity index (χ1) is 12.5. The van der Waals surface area contributed by atoms with Gasteiger partial charge in [-0.3, -0.25) is 9.48 Å². The number of aromatic nitrogens is 2. The van der Waals surface area contributed by atoms with Crippen LogP contribution in [-0.2, 0) is 13.0 Å². The molecule has 0 atom stereocenters. The molecule has 2 heterocycles. The van der Waals surface area contributed by atoms with Gasteiger partial charge in [-0.15, -0.1) is 11.3 Å². The fraction of sp³-hybridized carbons (Fsp3) is 0.222. The van der Waals surface area contributed by atoms with E-state index in [2.05, 4.69) is 10.4 Å². The minimum absolute atomic E-state index is 0.220. The smallest absolute Gasteiger partial charge is 0.261 e. The van der Waals surface area contributed by atoms with Crippen molar-refractivity contribution < 1.29 is 13.6 Å². The third kappa shape index (κ3) is 3.94. The van der Waals surface area contributed by atoms with Crippen LogP contribution in [0.25, 0.3) is 11.3 Å². The number of thiophene rings is 1. The number of aryl methyl sites for hydroxylation is 1. The maximum Gasteiger partial charge on any atom is 0.261 e. The molecule has 0 fully saturated rings. The molecule has 0 aliphatic heterocycles. The Morgan fingerprint density at radius 2 is 2.12 bits per heavy atom. The van der Waals surface area contributed by atoms with E-state index in [1.807, 2.05) is 12.3 Å². The fourth-order valence-corrected chi connectivity index (χ4v) is 3.63. The van der Waals surface area contributed by atoms with Crippen LogP contribution < -0.4 is 5.32 Å². The van der Waals surface area contributed by atoms with Gasteiger partial charge in [-0.1, -0.05) is 17.7 Å². The van der Waals surface area contributed by atoms with E-state index in [0.717, 1.165) is 23.4 Å². The van der Waals surface area contributed by atoms with Gasteiger partial charge in [0.05, 0.1) is 21.8 Å². The number of amides is 1. The summed E-state index contributed by atoms with van der Waals surface area (Å²) in [5.41, 5.74) is 2.24. The van der Waals surface area contributed by atoms with Crippen LogP contribution in [0, 0.1) is 11.6 Å². The van der Waals surface area contributed by atoms with Crippen LogP contribution in [0.5, 0.6) is 0 Å². The molecule has 3 rings (SSSR count). The van der Waals surface area contributed by atoms with E-state index in [1.165, 1.54) is 17.4 Å². The van der Waals surface area contributed by atoms with Crippen molar-refractivity contribution in [2.24, 2.45) is 0 Å². The van der Waals surface area contributed by atoms with Gasteiger partial charge in [-0.25, -0.2) is 8.78 Å². The Balaban J connectivity index is 1.63. The summed E-state index contributed by atoms with van der Waals surface area (Å²) in [6, 6.07) is 5.49. The van der Waals surface area contributed by atoms with Crippen LogP contribution in [0.1, 0.15) is 22.2 Å². The molecule has 3 aromatic rings. The van der Waals surface area contributed by atoms with Crippen molar-refractivity contribution in [3.63, 3.8) is 0 Å². The highest BCUT2D eigenvalue weighted by atomic mass is 35.5. The Morgan fingerprint density at radius 3 is 2.85 bits per heavy atom. The summed E-state index contributed by atoms with van der Waals surface area (Å²) in [4.78, 5) is 12.8. The third-order valence-electron chi connectivity index (χ3n) is 3.87. The van der Waals surface area contributed by atoms with E-state index in [1.54, 1.807) is 16.9 Å². The van der Waals surface area contributed by atoms with Gasteiger partial charge < -0.3 is 5.32 Å². The zero-order valence-electron chi connectivity index (χ0n) is 13.9. The van der Waals surface area contributed by atoms with E-state index in [-0.39, 0.29) is 5.91 Å². The number of halogens is 3. The Labute approximate surface area is 158 Å². The minimum Gasteiger partial charge on any atom is -0.351 e. The van der Waals surface area contributed by atoms with E-state index < -0.39 is 11.6 Å². The van der Waals surface area contributed by atoms with Gasteiger partial charge in [0.15, 0.2) is 11.6 Å². The highest BCUT2D eigenvalue weighted by Gasteiger charge is 2.15. The molecule has 4 nitrogen and oxygen atoms in total. The SMILES string of the molecule is CCn1ncc(Cl)c1-c1csc(C(=O)NCCc2ccc(F)c(F)c2)c1.